The van der Waals surface area contributed by atoms with Gasteiger partial charge in [0.2, 0.25) is 0 Å². The van der Waals surface area contributed by atoms with Crippen molar-refractivity contribution < 1.29 is 17.5 Å². The molecule has 0 unspecified atom stereocenters. The number of nitrogens with one attached hydrogen (secondary N) is 1. The molecule has 140 valence electrons. The van der Waals surface area contributed by atoms with Gasteiger partial charge in [0, 0.05) is 18.8 Å². The van der Waals surface area contributed by atoms with Gasteiger partial charge in [0.25, 0.3) is 10.0 Å². The Bertz CT molecular complexity index is 848. The molecule has 1 heterocycles. The first-order valence-corrected chi connectivity index (χ1v) is 10.3. The normalized spacial score (nSPS) is 14.9. The molecule has 2 aromatic rings. The van der Waals surface area contributed by atoms with Gasteiger partial charge in [-0.1, -0.05) is 0 Å². The lowest BCUT2D eigenvalue weighted by Crippen LogP contribution is -2.29. The van der Waals surface area contributed by atoms with E-state index in [-0.39, 0.29) is 10.6 Å². The highest BCUT2D eigenvalue weighted by Gasteiger charge is 2.18. The van der Waals surface area contributed by atoms with Crippen LogP contribution >= 0.6 is 0 Å². The minimum Gasteiger partial charge on any atom is -0.494 e. The number of ether oxygens (including phenoxy) is 1. The van der Waals surface area contributed by atoms with Gasteiger partial charge >= 0.3 is 0 Å². The van der Waals surface area contributed by atoms with E-state index in [1.807, 2.05) is 6.92 Å². The molecule has 0 atom stereocenters. The number of halogens is 1. The fourth-order valence-corrected chi connectivity index (χ4v) is 4.08. The number of benzene rings is 2. The number of sulfonamides is 1. The van der Waals surface area contributed by atoms with Gasteiger partial charge in [-0.2, -0.15) is 0 Å². The molecule has 1 aliphatic rings. The monoisotopic (exact) mass is 378 g/mol. The van der Waals surface area contributed by atoms with Crippen molar-refractivity contribution in [1.82, 2.24) is 0 Å². The first-order valence-electron chi connectivity index (χ1n) is 8.80. The number of rotatable bonds is 6. The maximum absolute atomic E-state index is 14.2. The van der Waals surface area contributed by atoms with E-state index < -0.39 is 15.8 Å². The Kier molecular flexibility index (Phi) is 5.66. The second-order valence-electron chi connectivity index (χ2n) is 6.22. The van der Waals surface area contributed by atoms with Crippen LogP contribution in [0, 0.1) is 5.82 Å². The number of nitrogens with zero attached hydrogens (tertiary/aromatic N) is 1. The molecular weight excluding hydrogens is 355 g/mol. The van der Waals surface area contributed by atoms with Gasteiger partial charge in [0.05, 0.1) is 17.2 Å². The van der Waals surface area contributed by atoms with Crippen molar-refractivity contribution in [2.24, 2.45) is 0 Å². The Balaban J connectivity index is 1.82. The average molecular weight is 378 g/mol. The minimum atomic E-state index is -3.88. The average Bonchev–Trinajstić information content (AvgIpc) is 2.65. The molecule has 0 aromatic heterocycles. The zero-order valence-electron chi connectivity index (χ0n) is 14.7. The summed E-state index contributed by atoms with van der Waals surface area (Å²) >= 11 is 0. The summed E-state index contributed by atoms with van der Waals surface area (Å²) in [6.07, 6.45) is 3.37. The molecular formula is C19H23FN2O3S. The standard InChI is InChI=1S/C19H23FN2O3S/c1-2-25-16-7-9-17(10-8-16)26(23,24)21-19-14-15(6-11-18(19)20)22-12-4-3-5-13-22/h6-11,14,21H,2-5,12-13H2,1H3. The van der Waals surface area contributed by atoms with Crippen LogP contribution in [0.1, 0.15) is 26.2 Å². The Morgan fingerprint density at radius 2 is 1.77 bits per heavy atom. The molecule has 0 radical (unpaired) electrons. The number of hydrogen-bond acceptors (Lipinski definition) is 4. The van der Waals surface area contributed by atoms with Crippen molar-refractivity contribution in [3.8, 4) is 5.75 Å². The lowest BCUT2D eigenvalue weighted by molar-refractivity contribution is 0.340. The molecule has 0 spiro atoms. The lowest BCUT2D eigenvalue weighted by Gasteiger charge is -2.29. The zero-order valence-corrected chi connectivity index (χ0v) is 15.6. The van der Waals surface area contributed by atoms with Gasteiger partial charge in [-0.3, -0.25) is 4.72 Å². The molecule has 0 saturated carbocycles. The zero-order chi connectivity index (χ0) is 18.6. The Labute approximate surface area is 153 Å². The molecule has 2 aromatic carbocycles. The number of piperidine rings is 1. The van der Waals surface area contributed by atoms with Gasteiger partial charge in [0.1, 0.15) is 11.6 Å². The molecule has 1 N–H and O–H groups in total. The smallest absolute Gasteiger partial charge is 0.261 e. The van der Waals surface area contributed by atoms with Gasteiger partial charge in [0.15, 0.2) is 0 Å². The molecule has 1 aliphatic heterocycles. The van der Waals surface area contributed by atoms with Crippen LogP contribution in [0.5, 0.6) is 5.75 Å². The van der Waals surface area contributed by atoms with Crippen LogP contribution in [0.4, 0.5) is 15.8 Å². The molecule has 1 saturated heterocycles. The van der Waals surface area contributed by atoms with Crippen molar-refractivity contribution in [2.45, 2.75) is 31.1 Å². The van der Waals surface area contributed by atoms with Crippen LogP contribution < -0.4 is 14.4 Å². The second-order valence-corrected chi connectivity index (χ2v) is 7.90. The van der Waals surface area contributed by atoms with E-state index in [9.17, 15) is 12.8 Å². The van der Waals surface area contributed by atoms with Crippen LogP contribution in [0.15, 0.2) is 47.4 Å². The predicted octanol–water partition coefficient (Wildman–Crippen LogP) is 4.02. The summed E-state index contributed by atoms with van der Waals surface area (Å²) in [5.41, 5.74) is 0.789. The first kappa shape index (κ1) is 18.5. The molecule has 26 heavy (non-hydrogen) atoms. The van der Waals surface area contributed by atoms with E-state index in [1.165, 1.54) is 24.6 Å². The number of anilines is 2. The summed E-state index contributed by atoms with van der Waals surface area (Å²) in [5, 5.41) is 0. The van der Waals surface area contributed by atoms with E-state index >= 15 is 0 Å². The molecule has 0 amide bonds. The quantitative estimate of drug-likeness (QED) is 0.825. The summed E-state index contributed by atoms with van der Waals surface area (Å²) in [6, 6.07) is 10.6. The third kappa shape index (κ3) is 4.27. The summed E-state index contributed by atoms with van der Waals surface area (Å²) in [7, 11) is -3.88. The van der Waals surface area contributed by atoms with Crippen molar-refractivity contribution in [2.75, 3.05) is 29.3 Å². The lowest BCUT2D eigenvalue weighted by atomic mass is 10.1. The molecule has 7 heteroatoms. The third-order valence-electron chi connectivity index (χ3n) is 4.36. The molecule has 3 rings (SSSR count). The van der Waals surface area contributed by atoms with Crippen molar-refractivity contribution in [3.05, 3.63) is 48.3 Å². The summed E-state index contributed by atoms with van der Waals surface area (Å²) < 4.78 is 47.0. The summed E-state index contributed by atoms with van der Waals surface area (Å²) in [6.45, 7) is 4.15. The topological polar surface area (TPSA) is 58.6 Å². The molecule has 0 aliphatic carbocycles. The third-order valence-corrected chi connectivity index (χ3v) is 5.74. The Hall–Kier alpha value is -2.28. The first-order chi connectivity index (χ1) is 12.5. The Morgan fingerprint density at radius 3 is 2.42 bits per heavy atom. The summed E-state index contributed by atoms with van der Waals surface area (Å²) in [4.78, 5) is 2.21. The maximum atomic E-state index is 14.2. The predicted molar refractivity (Wildman–Crippen MR) is 101 cm³/mol. The SMILES string of the molecule is CCOc1ccc(S(=O)(=O)Nc2cc(N3CCCCC3)ccc2F)cc1. The van der Waals surface area contributed by atoms with Crippen LogP contribution in [0.25, 0.3) is 0 Å². The highest BCUT2D eigenvalue weighted by atomic mass is 32.2. The van der Waals surface area contributed by atoms with Crippen LogP contribution in [-0.4, -0.2) is 28.1 Å². The maximum Gasteiger partial charge on any atom is 0.261 e. The molecule has 5 nitrogen and oxygen atoms in total. The van der Waals surface area contributed by atoms with Crippen molar-refractivity contribution in [1.29, 1.82) is 0 Å². The van der Waals surface area contributed by atoms with Gasteiger partial charge in [-0.05, 0) is 68.7 Å². The second kappa shape index (κ2) is 7.95. The van der Waals surface area contributed by atoms with E-state index in [2.05, 4.69) is 9.62 Å². The van der Waals surface area contributed by atoms with Crippen LogP contribution in [0.2, 0.25) is 0 Å². The van der Waals surface area contributed by atoms with Crippen LogP contribution in [-0.2, 0) is 10.0 Å². The minimum absolute atomic E-state index is 0.0399. The van der Waals surface area contributed by atoms with Gasteiger partial charge in [-0.25, -0.2) is 12.8 Å². The largest absolute Gasteiger partial charge is 0.494 e. The fraction of sp³-hybridized carbons (Fsp3) is 0.368. The molecule has 0 bridgehead atoms. The molecule has 1 fully saturated rings. The van der Waals surface area contributed by atoms with Gasteiger partial charge < -0.3 is 9.64 Å². The van der Waals surface area contributed by atoms with E-state index in [1.54, 1.807) is 24.3 Å². The van der Waals surface area contributed by atoms with Gasteiger partial charge in [-0.15, -0.1) is 0 Å². The number of hydrogen-bond donors (Lipinski definition) is 1. The highest BCUT2D eigenvalue weighted by molar-refractivity contribution is 7.92. The summed E-state index contributed by atoms with van der Waals surface area (Å²) in [5.74, 6) is -0.00926. The van der Waals surface area contributed by atoms with Crippen molar-refractivity contribution in [3.63, 3.8) is 0 Å². The van der Waals surface area contributed by atoms with E-state index in [0.717, 1.165) is 31.6 Å². The van der Waals surface area contributed by atoms with E-state index in [0.29, 0.717) is 12.4 Å². The Morgan fingerprint density at radius 1 is 1.08 bits per heavy atom. The fourth-order valence-electron chi connectivity index (χ4n) is 3.03. The highest BCUT2D eigenvalue weighted by Crippen LogP contribution is 2.27. The van der Waals surface area contributed by atoms with Crippen molar-refractivity contribution >= 4 is 21.4 Å². The van der Waals surface area contributed by atoms with Crippen LogP contribution in [0.3, 0.4) is 0 Å². The van der Waals surface area contributed by atoms with E-state index in [4.69, 9.17) is 4.74 Å².